The van der Waals surface area contributed by atoms with E-state index >= 15 is 0 Å². The van der Waals surface area contributed by atoms with Crippen molar-refractivity contribution in [1.29, 1.82) is 0 Å². The van der Waals surface area contributed by atoms with E-state index in [0.29, 0.717) is 37.1 Å². The summed E-state index contributed by atoms with van der Waals surface area (Å²) in [6, 6.07) is 11.6. The SMILES string of the molecule is CCN1C(=CC=CC=CC2=[N+](CCCCCC(=O)On3c(O)ccc3O)c3ccc(S(=O)(=O)O)cc3C2(C)C)C(C)(C)c2cc(S(=O)(=O)O)ccc21. The molecular formula is C37H44N3O10S2+. The van der Waals surface area contributed by atoms with Gasteiger partial charge in [0, 0.05) is 66.0 Å². The Morgan fingerprint density at radius 2 is 1.42 bits per heavy atom. The van der Waals surface area contributed by atoms with Gasteiger partial charge in [0.25, 0.3) is 20.2 Å². The first-order valence-corrected chi connectivity index (χ1v) is 19.7. The summed E-state index contributed by atoms with van der Waals surface area (Å²) in [5.41, 5.74) is 3.85. The molecule has 0 unspecified atom stereocenters. The monoisotopic (exact) mass is 754 g/mol. The van der Waals surface area contributed by atoms with Gasteiger partial charge in [-0.1, -0.05) is 32.1 Å². The average Bonchev–Trinajstić information content (AvgIpc) is 3.58. The summed E-state index contributed by atoms with van der Waals surface area (Å²) < 4.78 is 69.9. The Bertz CT molecular complexity index is 2230. The largest absolute Gasteiger partial charge is 0.492 e. The number of hydrogen-bond donors (Lipinski definition) is 4. The first-order valence-electron chi connectivity index (χ1n) is 16.8. The van der Waals surface area contributed by atoms with Crippen molar-refractivity contribution in [3.63, 3.8) is 0 Å². The Balaban J connectivity index is 1.36. The highest BCUT2D eigenvalue weighted by atomic mass is 32.2. The van der Waals surface area contributed by atoms with Gasteiger partial charge < -0.3 is 20.0 Å². The third kappa shape index (κ3) is 7.58. The van der Waals surface area contributed by atoms with Crippen LogP contribution in [0.1, 0.15) is 71.4 Å². The summed E-state index contributed by atoms with van der Waals surface area (Å²) in [4.78, 5) is 19.0. The Kier molecular flexibility index (Phi) is 10.7. The van der Waals surface area contributed by atoms with Crippen LogP contribution in [0.5, 0.6) is 11.8 Å². The number of likely N-dealkylation sites (N-methyl/N-ethyl adjacent to an activating group) is 1. The molecule has 52 heavy (non-hydrogen) atoms. The number of unbranched alkanes of at least 4 members (excludes halogenated alkanes) is 2. The third-order valence-electron chi connectivity index (χ3n) is 9.62. The zero-order chi connectivity index (χ0) is 38.2. The smallest absolute Gasteiger partial charge is 0.333 e. The summed E-state index contributed by atoms with van der Waals surface area (Å²) in [6.45, 7) is 11.1. The third-order valence-corrected chi connectivity index (χ3v) is 11.3. The summed E-state index contributed by atoms with van der Waals surface area (Å²) >= 11 is 0. The second-order valence-electron chi connectivity index (χ2n) is 13.8. The summed E-state index contributed by atoms with van der Waals surface area (Å²) in [6.07, 6.45) is 11.5. The fourth-order valence-corrected chi connectivity index (χ4v) is 7.94. The summed E-state index contributed by atoms with van der Waals surface area (Å²) in [5, 5.41) is 19.4. The Morgan fingerprint density at radius 1 is 0.808 bits per heavy atom. The van der Waals surface area contributed by atoms with Crippen molar-refractivity contribution in [1.82, 2.24) is 4.73 Å². The van der Waals surface area contributed by atoms with Crippen molar-refractivity contribution in [3.05, 3.63) is 95.7 Å². The molecule has 1 aromatic heterocycles. The van der Waals surface area contributed by atoms with Gasteiger partial charge in [-0.2, -0.15) is 21.4 Å². The molecule has 0 amide bonds. The number of rotatable bonds is 13. The van der Waals surface area contributed by atoms with E-state index < -0.39 is 48.8 Å². The van der Waals surface area contributed by atoms with E-state index in [2.05, 4.69) is 9.48 Å². The first kappa shape index (κ1) is 38.5. The number of carbonyl (C=O) groups excluding carboxylic acids is 1. The molecule has 0 atom stereocenters. The van der Waals surface area contributed by atoms with E-state index in [1.165, 1.54) is 36.4 Å². The number of fused-ring (bicyclic) bond motifs is 2. The van der Waals surface area contributed by atoms with Crippen LogP contribution in [-0.2, 0) is 35.9 Å². The highest BCUT2D eigenvalue weighted by Crippen LogP contribution is 2.48. The van der Waals surface area contributed by atoms with E-state index in [4.69, 9.17) is 4.84 Å². The van der Waals surface area contributed by atoms with Crippen LogP contribution in [0.15, 0.2) is 94.4 Å². The molecule has 0 aliphatic carbocycles. The van der Waals surface area contributed by atoms with Crippen LogP contribution < -0.4 is 9.74 Å². The minimum absolute atomic E-state index is 0.0622. The van der Waals surface area contributed by atoms with Crippen LogP contribution in [0.4, 0.5) is 11.4 Å². The number of hydrogen-bond acceptors (Lipinski definition) is 9. The Morgan fingerprint density at radius 3 is 2.04 bits per heavy atom. The maximum absolute atomic E-state index is 12.3. The van der Waals surface area contributed by atoms with Crippen LogP contribution in [0.3, 0.4) is 0 Å². The molecule has 4 N–H and O–H groups in total. The Labute approximate surface area is 303 Å². The summed E-state index contributed by atoms with van der Waals surface area (Å²) in [5.74, 6) is -1.40. The molecule has 2 aliphatic rings. The summed E-state index contributed by atoms with van der Waals surface area (Å²) in [7, 11) is -8.79. The average molecular weight is 755 g/mol. The highest BCUT2D eigenvalue weighted by molar-refractivity contribution is 7.86. The van der Waals surface area contributed by atoms with Gasteiger partial charge >= 0.3 is 5.97 Å². The van der Waals surface area contributed by atoms with Gasteiger partial charge in [-0.15, -0.1) is 4.73 Å². The molecule has 0 spiro atoms. The molecule has 0 radical (unpaired) electrons. The van der Waals surface area contributed by atoms with Gasteiger partial charge in [-0.05, 0) is 75.6 Å². The standard InChI is InChI=1S/C37H43N3O10S2/c1-6-38-29-18-16-25(51(44,45)46)23-27(29)36(2,3)31(38)13-9-7-10-14-32-37(4,5)28-24-26(52(47,48)49)17-19-30(28)39(32)22-12-8-11-15-35(43)50-40-33(41)20-21-34(40)42/h7,9-10,13-14,16-21,23-24H,6,8,11-12,15,22H2,1-5H3,(H3-,41,42,44,45,46,47,48,49)/p+1. The van der Waals surface area contributed by atoms with Gasteiger partial charge in [0.1, 0.15) is 6.54 Å². The lowest BCUT2D eigenvalue weighted by Crippen LogP contribution is -2.28. The molecule has 15 heteroatoms. The van der Waals surface area contributed by atoms with Crippen LogP contribution in [0.2, 0.25) is 0 Å². The van der Waals surface area contributed by atoms with Crippen molar-refractivity contribution in [2.45, 2.75) is 80.9 Å². The molecule has 5 rings (SSSR count). The molecule has 3 aromatic rings. The van der Waals surface area contributed by atoms with Crippen LogP contribution in [-0.4, -0.2) is 70.2 Å². The zero-order valence-electron chi connectivity index (χ0n) is 29.6. The number of carbonyl (C=O) groups is 1. The molecule has 0 fully saturated rings. The molecule has 278 valence electrons. The van der Waals surface area contributed by atoms with Gasteiger partial charge in [0.15, 0.2) is 5.71 Å². The molecular weight excluding hydrogens is 711 g/mol. The van der Waals surface area contributed by atoms with Crippen molar-refractivity contribution in [2.24, 2.45) is 0 Å². The number of allylic oxidation sites excluding steroid dienone is 6. The minimum Gasteiger partial charge on any atom is -0.492 e. The predicted molar refractivity (Wildman–Crippen MR) is 196 cm³/mol. The number of anilines is 1. The maximum Gasteiger partial charge on any atom is 0.333 e. The lowest BCUT2D eigenvalue weighted by molar-refractivity contribution is -0.438. The fraction of sp³-hybridized carbons (Fsp3) is 0.351. The molecule has 13 nitrogen and oxygen atoms in total. The zero-order valence-corrected chi connectivity index (χ0v) is 31.3. The molecule has 2 aliphatic heterocycles. The number of benzene rings is 2. The second-order valence-corrected chi connectivity index (χ2v) is 16.6. The Hall–Kier alpha value is -4.70. The van der Waals surface area contributed by atoms with Gasteiger partial charge in [-0.3, -0.25) is 9.11 Å². The van der Waals surface area contributed by atoms with E-state index in [1.54, 1.807) is 12.1 Å². The quantitative estimate of drug-likeness (QED) is 0.0715. The van der Waals surface area contributed by atoms with Gasteiger partial charge in [0.05, 0.1) is 15.2 Å². The second kappa shape index (κ2) is 14.4. The molecule has 0 bridgehead atoms. The topological polar surface area (TPSA) is 187 Å². The highest BCUT2D eigenvalue weighted by Gasteiger charge is 2.45. The first-order chi connectivity index (χ1) is 24.3. The molecule has 2 aromatic carbocycles. The van der Waals surface area contributed by atoms with Crippen molar-refractivity contribution < 1.29 is 50.4 Å². The molecule has 0 saturated carbocycles. The lowest BCUT2D eigenvalue weighted by atomic mass is 9.81. The molecule has 0 saturated heterocycles. The normalized spacial score (nSPS) is 17.4. The van der Waals surface area contributed by atoms with E-state index in [0.717, 1.165) is 33.9 Å². The van der Waals surface area contributed by atoms with Crippen molar-refractivity contribution in [3.8, 4) is 11.8 Å². The van der Waals surface area contributed by atoms with E-state index in [9.17, 15) is 40.9 Å². The predicted octanol–water partition coefficient (Wildman–Crippen LogP) is 5.80. The van der Waals surface area contributed by atoms with E-state index in [-0.39, 0.29) is 16.2 Å². The number of aromatic nitrogens is 1. The lowest BCUT2D eigenvalue weighted by Gasteiger charge is -2.25. The van der Waals surface area contributed by atoms with Crippen LogP contribution >= 0.6 is 0 Å². The minimum atomic E-state index is -4.43. The number of nitrogens with zero attached hydrogens (tertiary/aromatic N) is 3. The van der Waals surface area contributed by atoms with Gasteiger partial charge in [0.2, 0.25) is 17.4 Å². The maximum atomic E-state index is 12.3. The van der Waals surface area contributed by atoms with Gasteiger partial charge in [-0.25, -0.2) is 4.79 Å². The number of aromatic hydroxyl groups is 2. The molecule has 3 heterocycles. The van der Waals surface area contributed by atoms with Crippen molar-refractivity contribution >= 4 is 43.3 Å². The van der Waals surface area contributed by atoms with Crippen LogP contribution in [0, 0.1) is 0 Å². The van der Waals surface area contributed by atoms with Crippen LogP contribution in [0.25, 0.3) is 0 Å². The van der Waals surface area contributed by atoms with E-state index in [1.807, 2.05) is 65.0 Å². The fourth-order valence-electron chi connectivity index (χ4n) is 6.93. The van der Waals surface area contributed by atoms with Crippen molar-refractivity contribution in [2.75, 3.05) is 18.0 Å².